The SMILES string of the molecule is O=C(COc1ccc2ccc(=O)oc2c1)N=Nc1c(O)n(Cc2ccc(Br)cc2)c2ccccc12. The van der Waals surface area contributed by atoms with Gasteiger partial charge in [0.15, 0.2) is 12.3 Å². The maximum atomic E-state index is 12.3. The van der Waals surface area contributed by atoms with Gasteiger partial charge in [-0.05, 0) is 42.0 Å². The minimum absolute atomic E-state index is 0.0869. The van der Waals surface area contributed by atoms with Gasteiger partial charge in [0, 0.05) is 27.4 Å². The van der Waals surface area contributed by atoms with Gasteiger partial charge < -0.3 is 18.8 Å². The first-order valence-electron chi connectivity index (χ1n) is 10.6. The van der Waals surface area contributed by atoms with Gasteiger partial charge in [-0.2, -0.15) is 0 Å². The quantitative estimate of drug-likeness (QED) is 0.215. The number of hydrogen-bond acceptors (Lipinski definition) is 6. The molecule has 0 atom stereocenters. The topological polar surface area (TPSA) is 106 Å². The van der Waals surface area contributed by atoms with Crippen LogP contribution in [0.1, 0.15) is 5.56 Å². The molecular formula is C26H18BrN3O5. The number of halogens is 1. The molecule has 0 radical (unpaired) electrons. The molecule has 174 valence electrons. The molecule has 0 unspecified atom stereocenters. The number of rotatable bonds is 6. The first kappa shape index (κ1) is 22.5. The Hall–Kier alpha value is -4.24. The summed E-state index contributed by atoms with van der Waals surface area (Å²) in [6.07, 6.45) is 0. The standard InChI is InChI=1S/C26H18BrN3O5/c27-18-9-5-16(6-10-18)14-30-21-4-2-1-3-20(21)25(26(30)33)29-28-23(31)15-34-19-11-7-17-8-12-24(32)35-22(17)13-19/h1-13,33H,14-15H2. The molecule has 0 aliphatic carbocycles. The van der Waals surface area contributed by atoms with Crippen LogP contribution in [-0.4, -0.2) is 22.2 Å². The highest BCUT2D eigenvalue weighted by Crippen LogP contribution is 2.39. The van der Waals surface area contributed by atoms with Crippen LogP contribution in [0.3, 0.4) is 0 Å². The number of azo groups is 1. The van der Waals surface area contributed by atoms with Crippen LogP contribution >= 0.6 is 15.9 Å². The van der Waals surface area contributed by atoms with Gasteiger partial charge in [0.1, 0.15) is 11.3 Å². The van der Waals surface area contributed by atoms with Crippen molar-refractivity contribution in [2.45, 2.75) is 6.54 Å². The summed E-state index contributed by atoms with van der Waals surface area (Å²) in [6.45, 7) is 0.0503. The second-order valence-corrected chi connectivity index (χ2v) is 8.65. The maximum Gasteiger partial charge on any atom is 0.336 e. The van der Waals surface area contributed by atoms with Crippen molar-refractivity contribution in [2.75, 3.05) is 6.61 Å². The summed E-state index contributed by atoms with van der Waals surface area (Å²) in [6, 6.07) is 23.0. The Bertz CT molecular complexity index is 1640. The third-order valence-electron chi connectivity index (χ3n) is 5.39. The molecule has 35 heavy (non-hydrogen) atoms. The lowest BCUT2D eigenvalue weighted by Crippen LogP contribution is -2.07. The summed E-state index contributed by atoms with van der Waals surface area (Å²) in [7, 11) is 0. The van der Waals surface area contributed by atoms with Crippen LogP contribution in [0.4, 0.5) is 5.69 Å². The summed E-state index contributed by atoms with van der Waals surface area (Å²) < 4.78 is 13.3. The summed E-state index contributed by atoms with van der Waals surface area (Å²) >= 11 is 3.42. The molecule has 9 heteroatoms. The summed E-state index contributed by atoms with van der Waals surface area (Å²) in [5, 5.41) is 20.1. The minimum Gasteiger partial charge on any atom is -0.493 e. The van der Waals surface area contributed by atoms with Gasteiger partial charge in [0.05, 0.1) is 12.1 Å². The number of carbonyl (C=O) groups excluding carboxylic acids is 1. The Morgan fingerprint density at radius 3 is 2.63 bits per heavy atom. The van der Waals surface area contributed by atoms with Gasteiger partial charge >= 0.3 is 11.5 Å². The van der Waals surface area contributed by atoms with E-state index >= 15 is 0 Å². The fourth-order valence-corrected chi connectivity index (χ4v) is 3.98. The molecule has 0 fully saturated rings. The number of fused-ring (bicyclic) bond motifs is 2. The van der Waals surface area contributed by atoms with E-state index in [0.29, 0.717) is 23.3 Å². The van der Waals surface area contributed by atoms with E-state index in [2.05, 4.69) is 26.2 Å². The predicted molar refractivity (Wildman–Crippen MR) is 134 cm³/mol. The van der Waals surface area contributed by atoms with E-state index in [0.717, 1.165) is 20.9 Å². The lowest BCUT2D eigenvalue weighted by Gasteiger charge is -2.07. The van der Waals surface area contributed by atoms with Gasteiger partial charge in [-0.1, -0.05) is 46.3 Å². The first-order valence-corrected chi connectivity index (χ1v) is 11.4. The first-order chi connectivity index (χ1) is 17.0. The normalized spacial score (nSPS) is 11.5. The van der Waals surface area contributed by atoms with Crippen LogP contribution in [0.15, 0.2) is 103 Å². The van der Waals surface area contributed by atoms with Gasteiger partial charge in [0.25, 0.3) is 0 Å². The van der Waals surface area contributed by atoms with E-state index in [1.54, 1.807) is 22.8 Å². The molecule has 0 bridgehead atoms. The minimum atomic E-state index is -0.635. The fourth-order valence-electron chi connectivity index (χ4n) is 3.71. The maximum absolute atomic E-state index is 12.3. The highest BCUT2D eigenvalue weighted by atomic mass is 79.9. The molecule has 5 rings (SSSR count). The van der Waals surface area contributed by atoms with Crippen LogP contribution in [0, 0.1) is 0 Å². The average Bonchev–Trinajstić information content (AvgIpc) is 3.13. The van der Waals surface area contributed by atoms with Crippen molar-refractivity contribution < 1.29 is 19.1 Å². The largest absolute Gasteiger partial charge is 0.493 e. The number of ether oxygens (including phenoxy) is 1. The number of amides is 1. The second-order valence-electron chi connectivity index (χ2n) is 7.74. The van der Waals surface area contributed by atoms with Gasteiger partial charge in [-0.25, -0.2) is 4.79 Å². The molecule has 0 saturated heterocycles. The smallest absolute Gasteiger partial charge is 0.336 e. The van der Waals surface area contributed by atoms with Crippen molar-refractivity contribution in [1.82, 2.24) is 4.57 Å². The molecule has 0 aliphatic heterocycles. The third-order valence-corrected chi connectivity index (χ3v) is 5.92. The molecule has 5 aromatic rings. The molecular weight excluding hydrogens is 514 g/mol. The van der Waals surface area contributed by atoms with Crippen LogP contribution in [0.2, 0.25) is 0 Å². The number of benzene rings is 3. The monoisotopic (exact) mass is 531 g/mol. The average molecular weight is 532 g/mol. The van der Waals surface area contributed by atoms with Crippen molar-refractivity contribution >= 4 is 49.4 Å². The Kier molecular flexibility index (Phi) is 6.15. The Balaban J connectivity index is 1.35. The lowest BCUT2D eigenvalue weighted by molar-refractivity contribution is -0.120. The van der Waals surface area contributed by atoms with Crippen molar-refractivity contribution in [2.24, 2.45) is 10.2 Å². The Morgan fingerprint density at radius 2 is 1.80 bits per heavy atom. The third kappa shape index (κ3) is 4.85. The summed E-state index contributed by atoms with van der Waals surface area (Å²) in [5.74, 6) is -0.371. The highest BCUT2D eigenvalue weighted by Gasteiger charge is 2.17. The van der Waals surface area contributed by atoms with Crippen molar-refractivity contribution in [3.63, 3.8) is 0 Å². The van der Waals surface area contributed by atoms with E-state index in [4.69, 9.17) is 9.15 Å². The number of para-hydroxylation sites is 1. The van der Waals surface area contributed by atoms with Gasteiger partial charge in [-0.3, -0.25) is 4.79 Å². The molecule has 3 aromatic carbocycles. The second kappa shape index (κ2) is 9.55. The van der Waals surface area contributed by atoms with Crippen molar-refractivity contribution in [1.29, 1.82) is 0 Å². The van der Waals surface area contributed by atoms with Crippen LogP contribution in [0.5, 0.6) is 11.6 Å². The molecule has 8 nitrogen and oxygen atoms in total. The van der Waals surface area contributed by atoms with E-state index in [1.807, 2.05) is 48.5 Å². The predicted octanol–water partition coefficient (Wildman–Crippen LogP) is 5.95. The molecule has 2 aromatic heterocycles. The zero-order valence-electron chi connectivity index (χ0n) is 18.2. The number of aromatic hydroxyl groups is 1. The lowest BCUT2D eigenvalue weighted by atomic mass is 10.2. The number of hydrogen-bond donors (Lipinski definition) is 1. The van der Waals surface area contributed by atoms with E-state index in [1.165, 1.54) is 12.1 Å². The molecule has 1 N–H and O–H groups in total. The Morgan fingerprint density at radius 1 is 1.03 bits per heavy atom. The molecule has 0 aliphatic rings. The van der Waals surface area contributed by atoms with Crippen LogP contribution < -0.4 is 10.4 Å². The molecule has 2 heterocycles. The molecule has 1 amide bonds. The summed E-state index contributed by atoms with van der Waals surface area (Å²) in [4.78, 5) is 23.7. The zero-order chi connectivity index (χ0) is 24.4. The number of nitrogens with zero attached hydrogens (tertiary/aromatic N) is 3. The van der Waals surface area contributed by atoms with E-state index in [9.17, 15) is 14.7 Å². The van der Waals surface area contributed by atoms with Gasteiger partial charge in [0.2, 0.25) is 5.88 Å². The number of aromatic nitrogens is 1. The van der Waals surface area contributed by atoms with E-state index < -0.39 is 11.5 Å². The van der Waals surface area contributed by atoms with Crippen molar-refractivity contribution in [3.05, 3.63) is 99.3 Å². The van der Waals surface area contributed by atoms with Gasteiger partial charge in [-0.15, -0.1) is 10.2 Å². The molecule has 0 saturated carbocycles. The highest BCUT2D eigenvalue weighted by molar-refractivity contribution is 9.10. The Labute approximate surface area is 207 Å². The fraction of sp³-hybridized carbons (Fsp3) is 0.0769. The zero-order valence-corrected chi connectivity index (χ0v) is 19.8. The molecule has 0 spiro atoms. The number of carbonyl (C=O) groups is 1. The van der Waals surface area contributed by atoms with E-state index in [-0.39, 0.29) is 18.2 Å². The van der Waals surface area contributed by atoms with Crippen LogP contribution in [0.25, 0.3) is 21.9 Å². The van der Waals surface area contributed by atoms with Crippen molar-refractivity contribution in [3.8, 4) is 11.6 Å². The van der Waals surface area contributed by atoms with Crippen LogP contribution in [-0.2, 0) is 11.3 Å². The summed E-state index contributed by atoms with van der Waals surface area (Å²) in [5.41, 5.74) is 1.84.